The predicted molar refractivity (Wildman–Crippen MR) is 72.9 cm³/mol. The molecule has 0 radical (unpaired) electrons. The van der Waals surface area contributed by atoms with Crippen molar-refractivity contribution in [3.63, 3.8) is 0 Å². The van der Waals surface area contributed by atoms with E-state index in [9.17, 15) is 0 Å². The highest BCUT2D eigenvalue weighted by Gasteiger charge is 2.33. The Morgan fingerprint density at radius 2 is 2.12 bits per heavy atom. The molecule has 17 heavy (non-hydrogen) atoms. The van der Waals surface area contributed by atoms with Gasteiger partial charge < -0.3 is 10.6 Å². The Bertz CT molecular complexity index is 449. The second-order valence-electron chi connectivity index (χ2n) is 5.50. The molecule has 0 aliphatic carbocycles. The van der Waals surface area contributed by atoms with Crippen LogP contribution in [0.2, 0.25) is 0 Å². The number of amidine groups is 1. The second-order valence-corrected chi connectivity index (χ2v) is 5.50. The number of nitrogens with two attached hydrogens (primary N) is 1. The van der Waals surface area contributed by atoms with Crippen LogP contribution in [0, 0.1) is 12.3 Å². The van der Waals surface area contributed by atoms with Crippen LogP contribution in [0.4, 0.5) is 5.69 Å². The second kappa shape index (κ2) is 4.06. The lowest BCUT2D eigenvalue weighted by Crippen LogP contribution is -2.39. The van der Waals surface area contributed by atoms with Crippen LogP contribution in [0.15, 0.2) is 18.2 Å². The van der Waals surface area contributed by atoms with E-state index in [-0.39, 0.29) is 11.4 Å². The quantitative estimate of drug-likeness (QED) is 0.607. The summed E-state index contributed by atoms with van der Waals surface area (Å²) < 4.78 is 0. The summed E-state index contributed by atoms with van der Waals surface area (Å²) >= 11 is 0. The van der Waals surface area contributed by atoms with Crippen LogP contribution in [0.5, 0.6) is 0 Å². The summed E-state index contributed by atoms with van der Waals surface area (Å²) in [6, 6.07) is 6.12. The van der Waals surface area contributed by atoms with Crippen LogP contribution in [-0.4, -0.2) is 17.9 Å². The van der Waals surface area contributed by atoms with Crippen LogP contribution in [0.3, 0.4) is 0 Å². The molecule has 3 nitrogen and oxygen atoms in total. The molecule has 0 aromatic heterocycles. The average Bonchev–Trinajstić information content (AvgIpc) is 2.57. The lowest BCUT2D eigenvalue weighted by molar-refractivity contribution is 0.518. The Labute approximate surface area is 103 Å². The summed E-state index contributed by atoms with van der Waals surface area (Å²) in [4.78, 5) is 2.39. The molecule has 92 valence electrons. The van der Waals surface area contributed by atoms with Gasteiger partial charge in [0.1, 0.15) is 5.84 Å². The third kappa shape index (κ3) is 2.14. The Balaban J connectivity index is 2.50. The lowest BCUT2D eigenvalue weighted by Gasteiger charge is -2.35. The molecule has 1 aromatic rings. The molecule has 0 amide bonds. The number of nitrogens with one attached hydrogen (secondary N) is 1. The van der Waals surface area contributed by atoms with Crippen LogP contribution in [-0.2, 0) is 0 Å². The number of anilines is 1. The number of benzene rings is 1. The van der Waals surface area contributed by atoms with Gasteiger partial charge in [-0.15, -0.1) is 0 Å². The fraction of sp³-hybridized carbons (Fsp3) is 0.500. The van der Waals surface area contributed by atoms with Gasteiger partial charge in [-0.05, 0) is 51.3 Å². The Kier molecular flexibility index (Phi) is 2.86. The van der Waals surface area contributed by atoms with Gasteiger partial charge in [0, 0.05) is 23.3 Å². The molecule has 1 heterocycles. The van der Waals surface area contributed by atoms with Crippen molar-refractivity contribution in [1.82, 2.24) is 0 Å². The van der Waals surface area contributed by atoms with Gasteiger partial charge in [-0.25, -0.2) is 0 Å². The molecule has 1 aliphatic heterocycles. The molecule has 0 atom stereocenters. The molecule has 1 saturated heterocycles. The van der Waals surface area contributed by atoms with Crippen molar-refractivity contribution < 1.29 is 0 Å². The molecular weight excluding hydrogens is 210 g/mol. The van der Waals surface area contributed by atoms with Crippen molar-refractivity contribution in [3.8, 4) is 0 Å². The third-order valence-corrected chi connectivity index (χ3v) is 3.64. The van der Waals surface area contributed by atoms with Crippen LogP contribution < -0.4 is 10.6 Å². The molecule has 0 bridgehead atoms. The highest BCUT2D eigenvalue weighted by atomic mass is 15.2. The van der Waals surface area contributed by atoms with E-state index in [1.54, 1.807) is 0 Å². The first-order valence-electron chi connectivity index (χ1n) is 6.14. The molecule has 0 unspecified atom stereocenters. The first-order valence-corrected chi connectivity index (χ1v) is 6.14. The SMILES string of the molecule is Cc1ccc(C(=N)N)c(N2CCCC2(C)C)c1. The first kappa shape index (κ1) is 12.0. The smallest absolute Gasteiger partial charge is 0.124 e. The van der Waals surface area contributed by atoms with Crippen molar-refractivity contribution in [2.24, 2.45) is 5.73 Å². The van der Waals surface area contributed by atoms with Crippen molar-refractivity contribution >= 4 is 11.5 Å². The highest BCUT2D eigenvalue weighted by Crippen LogP contribution is 2.35. The summed E-state index contributed by atoms with van der Waals surface area (Å²) in [6.07, 6.45) is 2.40. The van der Waals surface area contributed by atoms with Crippen molar-refractivity contribution in [1.29, 1.82) is 5.41 Å². The van der Waals surface area contributed by atoms with E-state index in [4.69, 9.17) is 11.1 Å². The summed E-state index contributed by atoms with van der Waals surface area (Å²) in [7, 11) is 0. The Morgan fingerprint density at radius 3 is 2.65 bits per heavy atom. The monoisotopic (exact) mass is 231 g/mol. The minimum absolute atomic E-state index is 0.155. The van der Waals surface area contributed by atoms with E-state index in [2.05, 4.69) is 31.7 Å². The molecule has 1 fully saturated rings. The van der Waals surface area contributed by atoms with Crippen LogP contribution in [0.1, 0.15) is 37.8 Å². The van der Waals surface area contributed by atoms with Crippen molar-refractivity contribution in [2.45, 2.75) is 39.2 Å². The van der Waals surface area contributed by atoms with Gasteiger partial charge in [0.05, 0.1) is 0 Å². The molecule has 0 spiro atoms. The zero-order valence-corrected chi connectivity index (χ0v) is 10.9. The minimum atomic E-state index is 0.155. The van der Waals surface area contributed by atoms with E-state index >= 15 is 0 Å². The number of nitrogen functional groups attached to an aromatic ring is 1. The summed E-state index contributed by atoms with van der Waals surface area (Å²) in [5.74, 6) is 0.155. The zero-order chi connectivity index (χ0) is 12.6. The molecule has 1 aromatic carbocycles. The van der Waals surface area contributed by atoms with Gasteiger partial charge in [0.25, 0.3) is 0 Å². The largest absolute Gasteiger partial charge is 0.384 e. The maximum Gasteiger partial charge on any atom is 0.124 e. The Morgan fingerprint density at radius 1 is 1.41 bits per heavy atom. The molecule has 3 heteroatoms. The van der Waals surface area contributed by atoms with Gasteiger partial charge in [0.15, 0.2) is 0 Å². The molecular formula is C14H21N3. The fourth-order valence-electron chi connectivity index (χ4n) is 2.65. The third-order valence-electron chi connectivity index (χ3n) is 3.64. The topological polar surface area (TPSA) is 53.1 Å². The number of nitrogens with zero attached hydrogens (tertiary/aromatic N) is 1. The standard InChI is InChI=1S/C14H21N3/c1-10-5-6-11(13(15)16)12(9-10)17-8-4-7-14(17,2)3/h5-6,9H,4,7-8H2,1-3H3,(H3,15,16). The molecule has 2 rings (SSSR count). The minimum Gasteiger partial charge on any atom is -0.384 e. The fourth-order valence-corrected chi connectivity index (χ4v) is 2.65. The van der Waals surface area contributed by atoms with E-state index in [1.165, 1.54) is 18.4 Å². The summed E-state index contributed by atoms with van der Waals surface area (Å²) in [5.41, 5.74) is 9.02. The highest BCUT2D eigenvalue weighted by molar-refractivity contribution is 6.00. The molecule has 3 N–H and O–H groups in total. The van der Waals surface area contributed by atoms with Gasteiger partial charge in [-0.1, -0.05) is 6.07 Å². The maximum absolute atomic E-state index is 7.69. The van der Waals surface area contributed by atoms with E-state index in [0.29, 0.717) is 0 Å². The average molecular weight is 231 g/mol. The van der Waals surface area contributed by atoms with Gasteiger partial charge in [0.2, 0.25) is 0 Å². The number of hydrogen-bond acceptors (Lipinski definition) is 2. The zero-order valence-electron chi connectivity index (χ0n) is 10.9. The van der Waals surface area contributed by atoms with Gasteiger partial charge in [-0.2, -0.15) is 0 Å². The van der Waals surface area contributed by atoms with E-state index in [1.807, 2.05) is 12.1 Å². The van der Waals surface area contributed by atoms with Crippen molar-refractivity contribution in [3.05, 3.63) is 29.3 Å². The van der Waals surface area contributed by atoms with Crippen LogP contribution in [0.25, 0.3) is 0 Å². The van der Waals surface area contributed by atoms with Crippen LogP contribution >= 0.6 is 0 Å². The number of rotatable bonds is 2. The normalized spacial score (nSPS) is 18.4. The lowest BCUT2D eigenvalue weighted by atomic mass is 9.99. The number of aryl methyl sites for hydroxylation is 1. The summed E-state index contributed by atoms with van der Waals surface area (Å²) in [6.45, 7) is 7.64. The van der Waals surface area contributed by atoms with E-state index < -0.39 is 0 Å². The van der Waals surface area contributed by atoms with Gasteiger partial charge in [-0.3, -0.25) is 5.41 Å². The van der Waals surface area contributed by atoms with Gasteiger partial charge >= 0.3 is 0 Å². The molecule has 0 saturated carbocycles. The van der Waals surface area contributed by atoms with E-state index in [0.717, 1.165) is 17.8 Å². The first-order chi connectivity index (χ1) is 7.92. The number of hydrogen-bond donors (Lipinski definition) is 2. The summed E-state index contributed by atoms with van der Waals surface area (Å²) in [5, 5.41) is 7.69. The predicted octanol–water partition coefficient (Wildman–Crippen LogP) is 2.66. The maximum atomic E-state index is 7.69. The van der Waals surface area contributed by atoms with Crippen molar-refractivity contribution in [2.75, 3.05) is 11.4 Å². The Hall–Kier alpha value is -1.51. The molecule has 1 aliphatic rings.